The van der Waals surface area contributed by atoms with Crippen molar-refractivity contribution >= 4 is 19.3 Å². The smallest absolute Gasteiger partial charge is 0.326 e. The van der Waals surface area contributed by atoms with Crippen LogP contribution in [-0.4, -0.2) is 26.0 Å². The Kier molecular flexibility index (Phi) is 2.95. The third-order valence-electron chi connectivity index (χ3n) is 3.27. The molecule has 1 aliphatic carbocycles. The second-order valence-corrected chi connectivity index (χ2v) is 4.55. The number of hydrogen-bond acceptors (Lipinski definition) is 3. The number of carbonyl (C=O) groups is 1. The fourth-order valence-corrected chi connectivity index (χ4v) is 2.33. The van der Waals surface area contributed by atoms with Gasteiger partial charge in [-0.1, -0.05) is 11.5 Å². The molecule has 0 saturated carbocycles. The van der Waals surface area contributed by atoms with Crippen LogP contribution in [0.4, 0.5) is 4.39 Å². The van der Waals surface area contributed by atoms with Crippen molar-refractivity contribution in [3.05, 3.63) is 29.1 Å². The highest BCUT2D eigenvalue weighted by molar-refractivity contribution is 6.33. The fraction of sp³-hybridized carbons (Fsp3) is 0.417. The van der Waals surface area contributed by atoms with E-state index >= 15 is 0 Å². The van der Waals surface area contributed by atoms with Crippen LogP contribution in [0.5, 0.6) is 0 Å². The van der Waals surface area contributed by atoms with E-state index in [9.17, 15) is 9.18 Å². The summed E-state index contributed by atoms with van der Waals surface area (Å²) in [4.78, 5) is 11.8. The van der Waals surface area contributed by atoms with Gasteiger partial charge in [-0.2, -0.15) is 0 Å². The average Bonchev–Trinajstić information content (AvgIpc) is 2.65. The molecule has 2 rings (SSSR count). The first-order chi connectivity index (χ1) is 7.98. The largest absolute Gasteiger partial charge is 0.465 e. The molecule has 1 aromatic rings. The minimum absolute atomic E-state index is 0.217. The Balaban J connectivity index is 2.35. The molecule has 0 saturated heterocycles. The highest BCUT2D eigenvalue weighted by Gasteiger charge is 2.43. The zero-order valence-corrected chi connectivity index (χ0v) is 10.0. The van der Waals surface area contributed by atoms with E-state index in [1.165, 1.54) is 6.07 Å². The highest BCUT2D eigenvalue weighted by Crippen LogP contribution is 2.29. The van der Waals surface area contributed by atoms with Crippen LogP contribution < -0.4 is 11.2 Å². The van der Waals surface area contributed by atoms with E-state index < -0.39 is 11.5 Å². The van der Waals surface area contributed by atoms with Gasteiger partial charge in [-0.3, -0.25) is 4.79 Å². The molecule has 0 radical (unpaired) electrons. The Morgan fingerprint density at radius 3 is 2.76 bits per heavy atom. The van der Waals surface area contributed by atoms with Crippen LogP contribution >= 0.6 is 0 Å². The molecule has 0 aliphatic heterocycles. The summed E-state index contributed by atoms with van der Waals surface area (Å²) in [6.07, 6.45) is 0.569. The van der Waals surface area contributed by atoms with Crippen molar-refractivity contribution in [1.29, 1.82) is 0 Å². The number of benzene rings is 1. The van der Waals surface area contributed by atoms with Crippen LogP contribution in [0.15, 0.2) is 12.1 Å². The summed E-state index contributed by atoms with van der Waals surface area (Å²) in [6.45, 7) is 2.02. The summed E-state index contributed by atoms with van der Waals surface area (Å²) in [5, 5.41) is 0. The monoisotopic (exact) mass is 235 g/mol. The van der Waals surface area contributed by atoms with Crippen LogP contribution in [-0.2, 0) is 22.4 Å². The summed E-state index contributed by atoms with van der Waals surface area (Å²) in [5.41, 5.74) is 7.30. The Labute approximate surface area is 101 Å². The number of rotatable bonds is 2. The molecule has 1 aliphatic rings. The second kappa shape index (κ2) is 4.15. The Hall–Kier alpha value is -1.36. The Bertz CT molecular complexity index is 445. The lowest BCUT2D eigenvalue weighted by Crippen LogP contribution is -2.50. The molecule has 1 atom stereocenters. The van der Waals surface area contributed by atoms with Gasteiger partial charge in [0.1, 0.15) is 19.2 Å². The molecule has 0 amide bonds. The lowest BCUT2D eigenvalue weighted by atomic mass is 9.87. The van der Waals surface area contributed by atoms with Gasteiger partial charge >= 0.3 is 5.97 Å². The Morgan fingerprint density at radius 2 is 2.18 bits per heavy atom. The third-order valence-corrected chi connectivity index (χ3v) is 3.27. The molecule has 3 nitrogen and oxygen atoms in total. The van der Waals surface area contributed by atoms with Gasteiger partial charge in [-0.15, -0.1) is 0 Å². The van der Waals surface area contributed by atoms with Crippen molar-refractivity contribution in [2.45, 2.75) is 25.3 Å². The van der Waals surface area contributed by atoms with Gasteiger partial charge in [0, 0.05) is 12.8 Å². The zero-order valence-electron chi connectivity index (χ0n) is 10.0. The number of halogens is 1. The first-order valence-electron chi connectivity index (χ1n) is 5.71. The van der Waals surface area contributed by atoms with Gasteiger partial charge in [-0.05, 0) is 24.1 Å². The summed E-state index contributed by atoms with van der Waals surface area (Å²) >= 11 is 0. The van der Waals surface area contributed by atoms with Crippen molar-refractivity contribution in [3.8, 4) is 0 Å². The second-order valence-electron chi connectivity index (χ2n) is 4.55. The lowest BCUT2D eigenvalue weighted by molar-refractivity contribution is -0.149. The molecule has 1 aromatic carbocycles. The molecule has 0 bridgehead atoms. The summed E-state index contributed by atoms with van der Waals surface area (Å²) < 4.78 is 18.6. The van der Waals surface area contributed by atoms with Crippen molar-refractivity contribution in [2.75, 3.05) is 6.61 Å². The highest BCUT2D eigenvalue weighted by atomic mass is 19.1. The molecule has 1 unspecified atom stereocenters. The van der Waals surface area contributed by atoms with E-state index in [1.807, 2.05) is 7.85 Å². The van der Waals surface area contributed by atoms with Crippen molar-refractivity contribution in [3.63, 3.8) is 0 Å². The number of esters is 1. The van der Waals surface area contributed by atoms with E-state index in [4.69, 9.17) is 10.5 Å². The van der Waals surface area contributed by atoms with Crippen molar-refractivity contribution in [2.24, 2.45) is 5.73 Å². The van der Waals surface area contributed by atoms with Crippen LogP contribution in [0.1, 0.15) is 18.1 Å². The van der Waals surface area contributed by atoms with Gasteiger partial charge in [0.15, 0.2) is 0 Å². The minimum atomic E-state index is -1.11. The summed E-state index contributed by atoms with van der Waals surface area (Å²) in [5.74, 6) is -0.739. The van der Waals surface area contributed by atoms with E-state index in [1.54, 1.807) is 13.0 Å². The molecule has 5 heteroatoms. The van der Waals surface area contributed by atoms with Crippen LogP contribution in [0.25, 0.3) is 0 Å². The van der Waals surface area contributed by atoms with Crippen LogP contribution in [0.3, 0.4) is 0 Å². The van der Waals surface area contributed by atoms with E-state index in [0.29, 0.717) is 12.0 Å². The molecular formula is C12H15BFNO2. The number of carbonyl (C=O) groups excluding carboxylic acids is 1. The summed E-state index contributed by atoms with van der Waals surface area (Å²) in [6, 6.07) is 3.14. The first kappa shape index (κ1) is 12.1. The molecule has 2 N–H and O–H groups in total. The Morgan fingerprint density at radius 1 is 1.53 bits per heavy atom. The van der Waals surface area contributed by atoms with E-state index in [-0.39, 0.29) is 18.8 Å². The number of fused-ring (bicyclic) bond motifs is 1. The van der Waals surface area contributed by atoms with Crippen LogP contribution in [0, 0.1) is 5.82 Å². The maximum absolute atomic E-state index is 13.7. The maximum atomic E-state index is 13.7. The SMILES string of the molecule is Bc1ccc(F)c2c1CC(N)(C(=O)OCC)C2. The standard InChI is InChI=1S/C12H15BFNO2/c1-2-17-11(16)12(15)5-7-8(6-12)10(14)4-3-9(7)13/h3-4H,2,5-6,13,15H2,1H3. The average molecular weight is 235 g/mol. The molecule has 0 fully saturated rings. The quantitative estimate of drug-likeness (QED) is 0.552. The zero-order chi connectivity index (χ0) is 12.6. The minimum Gasteiger partial charge on any atom is -0.465 e. The van der Waals surface area contributed by atoms with Gasteiger partial charge < -0.3 is 10.5 Å². The van der Waals surface area contributed by atoms with Gasteiger partial charge in [-0.25, -0.2) is 4.39 Å². The van der Waals surface area contributed by atoms with Gasteiger partial charge in [0.2, 0.25) is 0 Å². The van der Waals surface area contributed by atoms with Crippen molar-refractivity contribution < 1.29 is 13.9 Å². The molecule has 0 spiro atoms. The molecule has 17 heavy (non-hydrogen) atoms. The maximum Gasteiger partial charge on any atom is 0.326 e. The topological polar surface area (TPSA) is 52.3 Å². The van der Waals surface area contributed by atoms with E-state index in [2.05, 4.69) is 0 Å². The normalized spacial score (nSPS) is 22.3. The summed E-state index contributed by atoms with van der Waals surface area (Å²) in [7, 11) is 1.90. The first-order valence-corrected chi connectivity index (χ1v) is 5.71. The number of hydrogen-bond donors (Lipinski definition) is 1. The molecule has 0 heterocycles. The number of ether oxygens (including phenoxy) is 1. The fourth-order valence-electron chi connectivity index (χ4n) is 2.33. The lowest BCUT2D eigenvalue weighted by Gasteiger charge is -2.20. The number of nitrogens with two attached hydrogens (primary N) is 1. The predicted molar refractivity (Wildman–Crippen MR) is 65.5 cm³/mol. The van der Waals surface area contributed by atoms with Crippen molar-refractivity contribution in [1.82, 2.24) is 0 Å². The predicted octanol–water partition coefficient (Wildman–Crippen LogP) is -0.557. The van der Waals surface area contributed by atoms with E-state index in [0.717, 1.165) is 11.0 Å². The molecular weight excluding hydrogens is 220 g/mol. The molecule has 0 aromatic heterocycles. The van der Waals surface area contributed by atoms with Crippen LogP contribution in [0.2, 0.25) is 0 Å². The van der Waals surface area contributed by atoms with Gasteiger partial charge in [0.25, 0.3) is 0 Å². The van der Waals surface area contributed by atoms with Gasteiger partial charge in [0.05, 0.1) is 6.61 Å². The molecule has 90 valence electrons. The third kappa shape index (κ3) is 1.95.